The van der Waals surface area contributed by atoms with Gasteiger partial charge in [-0.25, -0.2) is 4.39 Å². The third kappa shape index (κ3) is 2.50. The highest BCUT2D eigenvalue weighted by molar-refractivity contribution is 6.32. The second kappa shape index (κ2) is 4.88. The number of allylic oxidation sites excluding steroid dienone is 2. The molecule has 17 heavy (non-hydrogen) atoms. The van der Waals surface area contributed by atoms with Gasteiger partial charge in [0.2, 0.25) is 0 Å². The maximum atomic E-state index is 13.3. The van der Waals surface area contributed by atoms with Gasteiger partial charge in [-0.3, -0.25) is 4.79 Å². The van der Waals surface area contributed by atoms with Gasteiger partial charge in [0.25, 0.3) is 0 Å². The van der Waals surface area contributed by atoms with E-state index in [1.165, 1.54) is 6.07 Å². The summed E-state index contributed by atoms with van der Waals surface area (Å²) >= 11 is 5.89. The van der Waals surface area contributed by atoms with Crippen molar-refractivity contribution in [1.82, 2.24) is 0 Å². The predicted octanol–water partition coefficient (Wildman–Crippen LogP) is 3.75. The molecule has 0 bridgehead atoms. The molecule has 1 aromatic rings. The summed E-state index contributed by atoms with van der Waals surface area (Å²) in [6.07, 6.45) is 3.54. The van der Waals surface area contributed by atoms with Crippen molar-refractivity contribution >= 4 is 23.1 Å². The molecule has 0 fully saturated rings. The van der Waals surface area contributed by atoms with E-state index in [0.717, 1.165) is 5.57 Å². The Morgan fingerprint density at radius 3 is 2.82 bits per heavy atom. The van der Waals surface area contributed by atoms with Crippen molar-refractivity contribution in [1.29, 1.82) is 0 Å². The summed E-state index contributed by atoms with van der Waals surface area (Å²) in [6, 6.07) is 4.69. The van der Waals surface area contributed by atoms with Crippen LogP contribution in [-0.4, -0.2) is 11.1 Å². The summed E-state index contributed by atoms with van der Waals surface area (Å²) in [5.41, 5.74) is 1.61. The number of carbonyl (C=O) groups is 1. The van der Waals surface area contributed by atoms with E-state index in [-0.39, 0.29) is 10.9 Å². The molecule has 0 aromatic heterocycles. The smallest absolute Gasteiger partial charge is 0.306 e. The Bertz CT molecular complexity index is 482. The van der Waals surface area contributed by atoms with Crippen LogP contribution in [0.5, 0.6) is 0 Å². The van der Waals surface area contributed by atoms with Gasteiger partial charge in [-0.05, 0) is 36.5 Å². The fraction of sp³-hybridized carbons (Fsp3) is 0.308. The molecule has 1 aliphatic carbocycles. The Morgan fingerprint density at radius 2 is 2.24 bits per heavy atom. The Kier molecular flexibility index (Phi) is 3.48. The van der Waals surface area contributed by atoms with E-state index < -0.39 is 11.8 Å². The van der Waals surface area contributed by atoms with Crippen LogP contribution in [0.3, 0.4) is 0 Å². The number of carboxylic acids is 1. The molecule has 90 valence electrons. The van der Waals surface area contributed by atoms with E-state index in [1.807, 2.05) is 6.08 Å². The Balaban J connectivity index is 2.25. The van der Waals surface area contributed by atoms with E-state index in [1.54, 1.807) is 12.1 Å². The predicted molar refractivity (Wildman–Crippen MR) is 64.4 cm³/mol. The standard InChI is InChI=1S/C13H12ClFO2/c14-12-10(2-1-3-11(12)15)8-4-6-9(7-5-8)13(16)17/h1-4,9H,5-7H2,(H,16,17). The average molecular weight is 255 g/mol. The van der Waals surface area contributed by atoms with Crippen LogP contribution in [-0.2, 0) is 4.79 Å². The van der Waals surface area contributed by atoms with Crippen molar-refractivity contribution in [3.8, 4) is 0 Å². The number of halogens is 2. The average Bonchev–Trinajstić information content (AvgIpc) is 2.33. The van der Waals surface area contributed by atoms with Gasteiger partial charge in [-0.2, -0.15) is 0 Å². The van der Waals surface area contributed by atoms with Crippen LogP contribution in [0, 0.1) is 11.7 Å². The summed E-state index contributed by atoms with van der Waals surface area (Å²) in [7, 11) is 0. The number of hydrogen-bond acceptors (Lipinski definition) is 1. The lowest BCUT2D eigenvalue weighted by molar-refractivity contribution is -0.141. The Labute approximate surface area is 104 Å². The molecule has 1 aromatic carbocycles. The van der Waals surface area contributed by atoms with Crippen molar-refractivity contribution in [2.75, 3.05) is 0 Å². The molecule has 0 amide bonds. The molecule has 1 unspecified atom stereocenters. The molecule has 4 heteroatoms. The van der Waals surface area contributed by atoms with Crippen molar-refractivity contribution in [2.45, 2.75) is 19.3 Å². The molecule has 0 saturated heterocycles. The SMILES string of the molecule is O=C(O)C1CC=C(c2cccc(F)c2Cl)CC1. The Hall–Kier alpha value is -1.35. The molecule has 0 radical (unpaired) electrons. The van der Waals surface area contributed by atoms with Crippen LogP contribution in [0.1, 0.15) is 24.8 Å². The quantitative estimate of drug-likeness (QED) is 0.873. The van der Waals surface area contributed by atoms with Crippen molar-refractivity contribution in [3.05, 3.63) is 40.7 Å². The molecule has 1 atom stereocenters. The van der Waals surface area contributed by atoms with Crippen LogP contribution >= 0.6 is 11.6 Å². The number of benzene rings is 1. The van der Waals surface area contributed by atoms with Gasteiger partial charge in [0, 0.05) is 0 Å². The summed E-state index contributed by atoms with van der Waals surface area (Å²) in [5.74, 6) is -1.54. The minimum atomic E-state index is -0.773. The number of rotatable bonds is 2. The minimum Gasteiger partial charge on any atom is -0.481 e. The zero-order valence-corrected chi connectivity index (χ0v) is 9.88. The highest BCUT2D eigenvalue weighted by Crippen LogP contribution is 2.34. The van der Waals surface area contributed by atoms with Gasteiger partial charge in [-0.1, -0.05) is 29.8 Å². The first-order chi connectivity index (χ1) is 8.09. The first kappa shape index (κ1) is 12.1. The maximum Gasteiger partial charge on any atom is 0.306 e. The van der Waals surface area contributed by atoms with Gasteiger partial charge >= 0.3 is 5.97 Å². The lowest BCUT2D eigenvalue weighted by Crippen LogP contribution is -2.15. The first-order valence-electron chi connectivity index (χ1n) is 5.46. The topological polar surface area (TPSA) is 37.3 Å². The van der Waals surface area contributed by atoms with Crippen LogP contribution in [0.4, 0.5) is 4.39 Å². The third-order valence-corrected chi connectivity index (χ3v) is 3.44. The number of aliphatic carboxylic acids is 1. The zero-order chi connectivity index (χ0) is 12.4. The molecule has 1 aliphatic rings. The lowest BCUT2D eigenvalue weighted by atomic mass is 9.86. The fourth-order valence-corrected chi connectivity index (χ4v) is 2.30. The van der Waals surface area contributed by atoms with Crippen molar-refractivity contribution in [2.24, 2.45) is 5.92 Å². The molecule has 0 aliphatic heterocycles. The number of carboxylic acid groups (broad SMARTS) is 1. The summed E-state index contributed by atoms with van der Waals surface area (Å²) < 4.78 is 13.3. The van der Waals surface area contributed by atoms with Gasteiger partial charge in [-0.15, -0.1) is 0 Å². The summed E-state index contributed by atoms with van der Waals surface area (Å²) in [4.78, 5) is 10.8. The first-order valence-corrected chi connectivity index (χ1v) is 5.83. The van der Waals surface area contributed by atoms with Crippen molar-refractivity contribution in [3.63, 3.8) is 0 Å². The van der Waals surface area contributed by atoms with E-state index in [9.17, 15) is 9.18 Å². The summed E-state index contributed by atoms with van der Waals surface area (Å²) in [5, 5.41) is 9.00. The highest BCUT2D eigenvalue weighted by atomic mass is 35.5. The maximum absolute atomic E-state index is 13.3. The highest BCUT2D eigenvalue weighted by Gasteiger charge is 2.22. The molecular weight excluding hydrogens is 243 g/mol. The largest absolute Gasteiger partial charge is 0.481 e. The molecule has 0 saturated carbocycles. The van der Waals surface area contributed by atoms with Gasteiger partial charge in [0.15, 0.2) is 0 Å². The van der Waals surface area contributed by atoms with Gasteiger partial charge < -0.3 is 5.11 Å². The monoisotopic (exact) mass is 254 g/mol. The zero-order valence-electron chi connectivity index (χ0n) is 9.12. The van der Waals surface area contributed by atoms with Crippen LogP contribution in [0.2, 0.25) is 5.02 Å². The van der Waals surface area contributed by atoms with E-state index >= 15 is 0 Å². The third-order valence-electron chi connectivity index (χ3n) is 3.06. The second-order valence-corrected chi connectivity index (χ2v) is 4.52. The molecule has 2 rings (SSSR count). The Morgan fingerprint density at radius 1 is 1.47 bits per heavy atom. The second-order valence-electron chi connectivity index (χ2n) is 4.14. The molecule has 0 heterocycles. The summed E-state index contributed by atoms with van der Waals surface area (Å²) in [6.45, 7) is 0. The van der Waals surface area contributed by atoms with Gasteiger partial charge in [0.1, 0.15) is 5.82 Å². The normalized spacial score (nSPS) is 19.9. The van der Waals surface area contributed by atoms with E-state index in [0.29, 0.717) is 24.8 Å². The van der Waals surface area contributed by atoms with Crippen molar-refractivity contribution < 1.29 is 14.3 Å². The number of hydrogen-bond donors (Lipinski definition) is 1. The van der Waals surface area contributed by atoms with Crippen LogP contribution in [0.25, 0.3) is 5.57 Å². The molecule has 0 spiro atoms. The van der Waals surface area contributed by atoms with E-state index in [2.05, 4.69) is 0 Å². The van der Waals surface area contributed by atoms with Gasteiger partial charge in [0.05, 0.1) is 10.9 Å². The molecule has 1 N–H and O–H groups in total. The molecular formula is C13H12ClFO2. The fourth-order valence-electron chi connectivity index (χ4n) is 2.05. The molecule has 2 nitrogen and oxygen atoms in total. The van der Waals surface area contributed by atoms with Crippen LogP contribution < -0.4 is 0 Å². The van der Waals surface area contributed by atoms with E-state index in [4.69, 9.17) is 16.7 Å². The minimum absolute atomic E-state index is 0.118. The van der Waals surface area contributed by atoms with Crippen LogP contribution in [0.15, 0.2) is 24.3 Å². The lowest BCUT2D eigenvalue weighted by Gasteiger charge is -2.19.